The van der Waals surface area contributed by atoms with Crippen molar-refractivity contribution < 1.29 is 23.1 Å². The van der Waals surface area contributed by atoms with Crippen molar-refractivity contribution in [3.05, 3.63) is 63.7 Å². The van der Waals surface area contributed by atoms with E-state index in [-0.39, 0.29) is 39.9 Å². The van der Waals surface area contributed by atoms with Crippen molar-refractivity contribution in [2.45, 2.75) is 13.0 Å². The molecule has 1 aromatic heterocycles. The summed E-state index contributed by atoms with van der Waals surface area (Å²) in [4.78, 5) is 26.0. The van der Waals surface area contributed by atoms with Crippen LogP contribution in [0.5, 0.6) is 0 Å². The fourth-order valence-corrected chi connectivity index (χ4v) is 3.86. The Morgan fingerprint density at radius 2 is 1.74 bits per heavy atom. The highest BCUT2D eigenvalue weighted by atomic mass is 19.1. The molecule has 1 fully saturated rings. The van der Waals surface area contributed by atoms with Crippen LogP contribution in [0.3, 0.4) is 0 Å². The number of anilines is 2. The molecule has 0 amide bonds. The zero-order valence-electron chi connectivity index (χ0n) is 16.4. The molecule has 2 aromatic carbocycles. The van der Waals surface area contributed by atoms with Crippen LogP contribution in [0.4, 0.5) is 24.5 Å². The highest BCUT2D eigenvalue weighted by molar-refractivity contribution is 5.94. The monoisotopic (exact) mass is 432 g/mol. The lowest BCUT2D eigenvalue weighted by Crippen LogP contribution is -2.29. The third-order valence-electron chi connectivity index (χ3n) is 5.64. The zero-order valence-corrected chi connectivity index (χ0v) is 16.4. The Morgan fingerprint density at radius 3 is 2.35 bits per heavy atom. The van der Waals surface area contributed by atoms with E-state index in [0.717, 1.165) is 22.9 Å². The second-order valence-electron chi connectivity index (χ2n) is 7.74. The molecule has 162 valence electrons. The van der Waals surface area contributed by atoms with E-state index in [1.54, 1.807) is 4.90 Å². The number of pyridine rings is 1. The highest BCUT2D eigenvalue weighted by Crippen LogP contribution is 2.31. The molecule has 1 aliphatic heterocycles. The Balaban J connectivity index is 2.05. The Labute approximate surface area is 174 Å². The summed E-state index contributed by atoms with van der Waals surface area (Å²) in [6.07, 6.45) is 0.919. The van der Waals surface area contributed by atoms with Crippen LogP contribution < -0.4 is 21.8 Å². The average molecular weight is 432 g/mol. The second-order valence-corrected chi connectivity index (χ2v) is 7.74. The molecule has 0 unspecified atom stereocenters. The van der Waals surface area contributed by atoms with E-state index < -0.39 is 34.4 Å². The van der Waals surface area contributed by atoms with Gasteiger partial charge < -0.3 is 26.0 Å². The maximum atomic E-state index is 14.9. The lowest BCUT2D eigenvalue weighted by molar-refractivity contribution is 0.0695. The predicted molar refractivity (Wildman–Crippen MR) is 110 cm³/mol. The van der Waals surface area contributed by atoms with Crippen LogP contribution in [0.1, 0.15) is 17.3 Å². The van der Waals surface area contributed by atoms with E-state index in [9.17, 15) is 27.9 Å². The maximum Gasteiger partial charge on any atom is 0.341 e. The van der Waals surface area contributed by atoms with Gasteiger partial charge >= 0.3 is 5.97 Å². The van der Waals surface area contributed by atoms with Gasteiger partial charge in [-0.1, -0.05) is 6.92 Å². The molecule has 4 rings (SSSR count). The van der Waals surface area contributed by atoms with Gasteiger partial charge in [0, 0.05) is 36.8 Å². The van der Waals surface area contributed by atoms with E-state index in [1.165, 1.54) is 6.07 Å². The summed E-state index contributed by atoms with van der Waals surface area (Å²) < 4.78 is 44.3. The van der Waals surface area contributed by atoms with Crippen LogP contribution >= 0.6 is 0 Å². The van der Waals surface area contributed by atoms with Crippen molar-refractivity contribution in [3.8, 4) is 5.69 Å². The maximum absolute atomic E-state index is 14.9. The van der Waals surface area contributed by atoms with Crippen molar-refractivity contribution in [1.82, 2.24) is 4.57 Å². The fraction of sp³-hybridized carbons (Fsp3) is 0.238. The van der Waals surface area contributed by atoms with E-state index in [2.05, 4.69) is 0 Å². The van der Waals surface area contributed by atoms with E-state index in [1.807, 2.05) is 6.92 Å². The van der Waals surface area contributed by atoms with Gasteiger partial charge in [0.05, 0.1) is 22.6 Å². The van der Waals surface area contributed by atoms with Gasteiger partial charge in [-0.05, 0) is 24.1 Å². The minimum Gasteiger partial charge on any atom is -0.477 e. The van der Waals surface area contributed by atoms with Crippen molar-refractivity contribution >= 4 is 28.2 Å². The number of aromatic carboxylic acids is 1. The van der Waals surface area contributed by atoms with Crippen LogP contribution in [0.2, 0.25) is 0 Å². The molecule has 2 atom stereocenters. The Hall–Kier alpha value is -3.53. The Bertz CT molecular complexity index is 1280. The van der Waals surface area contributed by atoms with E-state index >= 15 is 0 Å². The molecule has 3 aromatic rings. The van der Waals surface area contributed by atoms with Gasteiger partial charge in [0.2, 0.25) is 5.43 Å². The first-order valence-electron chi connectivity index (χ1n) is 9.46. The number of carboxylic acids is 1. The number of nitrogens with two attached hydrogens (primary N) is 2. The van der Waals surface area contributed by atoms with Gasteiger partial charge in [0.1, 0.15) is 23.0 Å². The van der Waals surface area contributed by atoms with Crippen molar-refractivity contribution in [1.29, 1.82) is 0 Å². The third kappa shape index (κ3) is 3.38. The number of benzene rings is 2. The number of aromatic nitrogens is 1. The van der Waals surface area contributed by atoms with Crippen LogP contribution in [0.25, 0.3) is 16.6 Å². The first-order valence-corrected chi connectivity index (χ1v) is 9.46. The van der Waals surface area contributed by atoms with Crippen LogP contribution in [0, 0.1) is 23.4 Å². The number of hydrogen-bond donors (Lipinski definition) is 3. The third-order valence-corrected chi connectivity index (χ3v) is 5.64. The van der Waals surface area contributed by atoms with Crippen LogP contribution in [-0.4, -0.2) is 34.8 Å². The number of nitrogen functional groups attached to an aromatic ring is 1. The molecular weight excluding hydrogens is 413 g/mol. The summed E-state index contributed by atoms with van der Waals surface area (Å²) in [5, 5.41) is 9.15. The minimum atomic E-state index is -1.57. The lowest BCUT2D eigenvalue weighted by Gasteiger charge is -2.21. The van der Waals surface area contributed by atoms with Gasteiger partial charge in [-0.15, -0.1) is 0 Å². The quantitative estimate of drug-likeness (QED) is 0.548. The standard InChI is InChI=1S/C21H19F3N4O3/c1-9-6-27(8-16(9)26)18-5-17-10(2-13(18)23)20(29)11(21(30)31)7-28(17)19-4-15(25)12(22)3-14(19)24/h2-5,7,9,16H,6,8,25-26H2,1H3,(H,30,31)/t9-,16+/m0/s1. The van der Waals surface area contributed by atoms with Gasteiger partial charge in [0.15, 0.2) is 0 Å². The average Bonchev–Trinajstić information content (AvgIpc) is 3.03. The summed E-state index contributed by atoms with van der Waals surface area (Å²) in [6.45, 7) is 2.77. The molecule has 0 radical (unpaired) electrons. The summed E-state index contributed by atoms with van der Waals surface area (Å²) in [6, 6.07) is 3.62. The molecule has 2 heterocycles. The molecule has 0 bridgehead atoms. The van der Waals surface area contributed by atoms with Crippen molar-refractivity contribution in [2.24, 2.45) is 11.7 Å². The largest absolute Gasteiger partial charge is 0.477 e. The lowest BCUT2D eigenvalue weighted by atomic mass is 10.1. The number of nitrogens with zero attached hydrogens (tertiary/aromatic N) is 2. The molecular formula is C21H19F3N4O3. The molecule has 31 heavy (non-hydrogen) atoms. The molecule has 1 saturated heterocycles. The van der Waals surface area contributed by atoms with Gasteiger partial charge in [-0.3, -0.25) is 4.79 Å². The fourth-order valence-electron chi connectivity index (χ4n) is 3.86. The minimum absolute atomic E-state index is 0.0458. The Morgan fingerprint density at radius 1 is 1.06 bits per heavy atom. The summed E-state index contributed by atoms with van der Waals surface area (Å²) >= 11 is 0. The van der Waals surface area contributed by atoms with Gasteiger partial charge in [0.25, 0.3) is 0 Å². The summed E-state index contributed by atoms with van der Waals surface area (Å²) in [7, 11) is 0. The molecule has 10 heteroatoms. The first kappa shape index (κ1) is 20.7. The summed E-state index contributed by atoms with van der Waals surface area (Å²) in [5.41, 5.74) is 9.51. The number of rotatable bonds is 3. The van der Waals surface area contributed by atoms with E-state index in [4.69, 9.17) is 11.5 Å². The molecule has 7 nitrogen and oxygen atoms in total. The molecule has 0 spiro atoms. The number of carbonyl (C=O) groups is 1. The Kier molecular flexibility index (Phi) is 4.89. The van der Waals surface area contributed by atoms with Crippen molar-refractivity contribution in [3.63, 3.8) is 0 Å². The zero-order chi connectivity index (χ0) is 22.6. The molecule has 5 N–H and O–H groups in total. The predicted octanol–water partition coefficient (Wildman–Crippen LogP) is 2.47. The molecule has 1 aliphatic rings. The number of hydrogen-bond acceptors (Lipinski definition) is 5. The highest BCUT2D eigenvalue weighted by Gasteiger charge is 2.29. The topological polar surface area (TPSA) is 115 Å². The van der Waals surface area contributed by atoms with E-state index in [0.29, 0.717) is 19.2 Å². The SMILES string of the molecule is C[C@H]1CN(c2cc3c(cc2F)c(=O)c(C(=O)O)cn3-c2cc(N)c(F)cc2F)C[C@H]1N. The number of halogens is 3. The smallest absolute Gasteiger partial charge is 0.341 e. The molecule has 0 saturated carbocycles. The first-order chi connectivity index (χ1) is 14.6. The summed E-state index contributed by atoms with van der Waals surface area (Å²) in [5.74, 6) is -4.23. The van der Waals surface area contributed by atoms with Crippen molar-refractivity contribution in [2.75, 3.05) is 23.7 Å². The van der Waals surface area contributed by atoms with Gasteiger partial charge in [-0.25, -0.2) is 18.0 Å². The number of carboxylic acid groups (broad SMARTS) is 1. The van der Waals surface area contributed by atoms with Crippen LogP contribution in [-0.2, 0) is 0 Å². The van der Waals surface area contributed by atoms with Crippen LogP contribution in [0.15, 0.2) is 35.3 Å². The normalized spacial score (nSPS) is 18.7. The number of fused-ring (bicyclic) bond motifs is 1. The van der Waals surface area contributed by atoms with Gasteiger partial charge in [-0.2, -0.15) is 0 Å². The molecule has 0 aliphatic carbocycles. The second kappa shape index (κ2) is 7.31.